The number of morpholine rings is 1. The van der Waals surface area contributed by atoms with Crippen LogP contribution in [0.3, 0.4) is 0 Å². The Bertz CT molecular complexity index is 578. The molecule has 108 valence electrons. The molecular formula is C13H12F3NO3. The van der Waals surface area contributed by atoms with E-state index in [1.165, 1.54) is 4.90 Å². The van der Waals surface area contributed by atoms with Crippen molar-refractivity contribution in [2.75, 3.05) is 20.3 Å². The van der Waals surface area contributed by atoms with Gasteiger partial charge >= 0.3 is 0 Å². The fraction of sp³-hybridized carbons (Fsp3) is 0.462. The molecule has 7 heteroatoms. The summed E-state index contributed by atoms with van der Waals surface area (Å²) in [5.74, 6) is -5.48. The highest BCUT2D eigenvalue weighted by atomic mass is 19.2. The molecule has 1 aromatic rings. The summed E-state index contributed by atoms with van der Waals surface area (Å²) in [6.07, 6.45) is 0.632. The van der Waals surface area contributed by atoms with Crippen LogP contribution in [0.5, 0.6) is 5.75 Å². The zero-order chi connectivity index (χ0) is 14.4. The molecule has 2 atom stereocenters. The summed E-state index contributed by atoms with van der Waals surface area (Å²) in [6.45, 7) is 0.725. The number of benzene rings is 1. The van der Waals surface area contributed by atoms with Crippen molar-refractivity contribution in [1.29, 1.82) is 0 Å². The Kier molecular flexibility index (Phi) is 3.08. The van der Waals surface area contributed by atoms with Gasteiger partial charge < -0.3 is 14.4 Å². The van der Waals surface area contributed by atoms with Crippen molar-refractivity contribution in [2.45, 2.75) is 18.6 Å². The van der Waals surface area contributed by atoms with Gasteiger partial charge in [-0.2, -0.15) is 4.39 Å². The van der Waals surface area contributed by atoms with Gasteiger partial charge in [0.15, 0.2) is 17.4 Å². The smallest absolute Gasteiger partial charge is 0.257 e. The van der Waals surface area contributed by atoms with Gasteiger partial charge in [0.25, 0.3) is 5.91 Å². The normalized spacial score (nSPS) is 24.3. The number of hydrogen-bond acceptors (Lipinski definition) is 3. The minimum atomic E-state index is -1.44. The molecular weight excluding hydrogens is 275 g/mol. The lowest BCUT2D eigenvalue weighted by Gasteiger charge is -2.27. The predicted octanol–water partition coefficient (Wildman–Crippen LogP) is 1.73. The molecule has 0 saturated carbocycles. The van der Waals surface area contributed by atoms with E-state index in [9.17, 15) is 18.0 Å². The largest absolute Gasteiger partial charge is 0.491 e. The van der Waals surface area contributed by atoms with Crippen molar-refractivity contribution in [3.05, 3.63) is 29.1 Å². The fourth-order valence-corrected chi connectivity index (χ4v) is 2.72. The van der Waals surface area contributed by atoms with E-state index >= 15 is 0 Å². The van der Waals surface area contributed by atoms with Crippen LogP contribution >= 0.6 is 0 Å². The van der Waals surface area contributed by atoms with Crippen molar-refractivity contribution in [3.8, 4) is 5.75 Å². The Morgan fingerprint density at radius 3 is 2.70 bits per heavy atom. The zero-order valence-corrected chi connectivity index (χ0v) is 10.7. The van der Waals surface area contributed by atoms with Gasteiger partial charge in [-0.25, -0.2) is 8.78 Å². The maximum atomic E-state index is 14.0. The number of hydrogen-bond donors (Lipinski definition) is 0. The molecule has 20 heavy (non-hydrogen) atoms. The second-order valence-electron chi connectivity index (χ2n) is 4.87. The molecule has 0 aromatic heterocycles. The van der Waals surface area contributed by atoms with Crippen LogP contribution in [-0.4, -0.2) is 43.2 Å². The fourth-order valence-electron chi connectivity index (χ4n) is 2.72. The Morgan fingerprint density at radius 2 is 2.15 bits per heavy atom. The number of fused-ring (bicyclic) bond motifs is 2. The van der Waals surface area contributed by atoms with Gasteiger partial charge in [-0.1, -0.05) is 0 Å². The third-order valence-electron chi connectivity index (χ3n) is 3.71. The average Bonchev–Trinajstić information content (AvgIpc) is 3.05. The summed E-state index contributed by atoms with van der Waals surface area (Å²) in [6, 6.07) is 0.438. The number of amides is 1. The Hall–Kier alpha value is -1.76. The van der Waals surface area contributed by atoms with E-state index in [2.05, 4.69) is 4.74 Å². The van der Waals surface area contributed by atoms with Crippen LogP contribution in [0, 0.1) is 17.5 Å². The number of likely N-dealkylation sites (tertiary alicyclic amines) is 1. The van der Waals surface area contributed by atoms with Crippen LogP contribution in [0.2, 0.25) is 0 Å². The van der Waals surface area contributed by atoms with Crippen molar-refractivity contribution >= 4 is 5.91 Å². The number of rotatable bonds is 2. The standard InChI is InChI=1S/C13H12F3NO3/c1-19-12-10(15)8(3-9(14)11(12)16)13(18)17-4-7-2-6(17)5-20-7/h3,6-7H,2,4-5H2,1H3/t6-,7+/m0/s1. The minimum Gasteiger partial charge on any atom is -0.491 e. The first-order valence-corrected chi connectivity index (χ1v) is 6.17. The molecule has 1 aromatic carbocycles. The van der Waals surface area contributed by atoms with Crippen LogP contribution in [0.25, 0.3) is 0 Å². The van der Waals surface area contributed by atoms with Gasteiger partial charge in [-0.05, 0) is 12.5 Å². The van der Waals surface area contributed by atoms with Crippen molar-refractivity contribution < 1.29 is 27.4 Å². The lowest BCUT2D eigenvalue weighted by molar-refractivity contribution is 0.0255. The van der Waals surface area contributed by atoms with Crippen molar-refractivity contribution in [2.24, 2.45) is 0 Å². The van der Waals surface area contributed by atoms with E-state index in [1.54, 1.807) is 0 Å². The van der Waals surface area contributed by atoms with Gasteiger partial charge in [-0.15, -0.1) is 0 Å². The molecule has 0 N–H and O–H groups in total. The molecule has 4 nitrogen and oxygen atoms in total. The summed E-state index contributed by atoms with van der Waals surface area (Å²) in [5, 5.41) is 0. The number of methoxy groups -OCH3 is 1. The molecule has 0 unspecified atom stereocenters. The lowest BCUT2D eigenvalue weighted by Crippen LogP contribution is -2.41. The topological polar surface area (TPSA) is 38.8 Å². The van der Waals surface area contributed by atoms with Gasteiger partial charge in [0.05, 0.1) is 31.4 Å². The molecule has 0 aliphatic carbocycles. The maximum absolute atomic E-state index is 14.0. The third kappa shape index (κ3) is 1.84. The molecule has 2 fully saturated rings. The first kappa shape index (κ1) is 13.2. The van der Waals surface area contributed by atoms with E-state index in [-0.39, 0.29) is 12.1 Å². The number of ether oxygens (including phenoxy) is 2. The zero-order valence-electron chi connectivity index (χ0n) is 10.7. The minimum absolute atomic E-state index is 0.0563. The van der Waals surface area contributed by atoms with Crippen LogP contribution in [-0.2, 0) is 4.74 Å². The van der Waals surface area contributed by atoms with Gasteiger partial charge in [0.1, 0.15) is 0 Å². The highest BCUT2D eigenvalue weighted by molar-refractivity contribution is 5.95. The molecule has 2 bridgehead atoms. The molecule has 2 aliphatic rings. The molecule has 2 heterocycles. The van der Waals surface area contributed by atoms with Crippen molar-refractivity contribution in [3.63, 3.8) is 0 Å². The van der Waals surface area contributed by atoms with Crippen molar-refractivity contribution in [1.82, 2.24) is 4.90 Å². The van der Waals surface area contributed by atoms with E-state index in [0.717, 1.165) is 7.11 Å². The monoisotopic (exact) mass is 287 g/mol. The summed E-state index contributed by atoms with van der Waals surface area (Å²) in [5.41, 5.74) is -0.520. The Balaban J connectivity index is 1.98. The maximum Gasteiger partial charge on any atom is 0.257 e. The van der Waals surface area contributed by atoms with Gasteiger partial charge in [0, 0.05) is 6.54 Å². The molecule has 1 amide bonds. The highest BCUT2D eigenvalue weighted by Crippen LogP contribution is 2.32. The average molecular weight is 287 g/mol. The van der Waals surface area contributed by atoms with Crippen LogP contribution in [0.4, 0.5) is 13.2 Å². The Morgan fingerprint density at radius 1 is 1.40 bits per heavy atom. The number of carbonyl (C=O) groups excluding carboxylic acids is 1. The van der Waals surface area contributed by atoms with Gasteiger partial charge in [-0.3, -0.25) is 4.79 Å². The lowest BCUT2D eigenvalue weighted by atomic mass is 10.1. The molecule has 0 radical (unpaired) electrons. The SMILES string of the molecule is COc1c(F)c(F)cc(C(=O)N2C[C@H]3C[C@H]2CO3)c1F. The number of halogens is 3. The van der Waals surface area contributed by atoms with E-state index in [4.69, 9.17) is 4.74 Å². The summed E-state index contributed by atoms with van der Waals surface area (Å²) >= 11 is 0. The van der Waals surface area contributed by atoms with Crippen LogP contribution in [0.15, 0.2) is 6.07 Å². The van der Waals surface area contributed by atoms with Crippen LogP contribution in [0.1, 0.15) is 16.8 Å². The molecule has 2 aliphatic heterocycles. The predicted molar refractivity (Wildman–Crippen MR) is 62.0 cm³/mol. The third-order valence-corrected chi connectivity index (χ3v) is 3.71. The first-order valence-electron chi connectivity index (χ1n) is 6.17. The summed E-state index contributed by atoms with van der Waals surface area (Å²) in [7, 11) is 1.01. The number of carbonyl (C=O) groups is 1. The second-order valence-corrected chi connectivity index (χ2v) is 4.87. The summed E-state index contributed by atoms with van der Waals surface area (Å²) in [4.78, 5) is 13.7. The van der Waals surface area contributed by atoms with Crippen LogP contribution < -0.4 is 4.74 Å². The second kappa shape index (κ2) is 4.66. The molecule has 0 spiro atoms. The van der Waals surface area contributed by atoms with E-state index in [0.29, 0.717) is 25.6 Å². The highest BCUT2D eigenvalue weighted by Gasteiger charge is 2.42. The summed E-state index contributed by atoms with van der Waals surface area (Å²) < 4.78 is 50.6. The van der Waals surface area contributed by atoms with E-state index in [1.807, 2.05) is 0 Å². The number of nitrogens with zero attached hydrogens (tertiary/aromatic N) is 1. The first-order chi connectivity index (χ1) is 9.52. The van der Waals surface area contributed by atoms with Gasteiger partial charge in [0.2, 0.25) is 5.82 Å². The van der Waals surface area contributed by atoms with E-state index < -0.39 is 34.7 Å². The molecule has 3 rings (SSSR count). The quantitative estimate of drug-likeness (QED) is 0.778. The molecule has 2 saturated heterocycles. The Labute approximate surface area is 113 Å².